The molecule has 1 aromatic heterocycles. The molecule has 0 saturated carbocycles. The first-order chi connectivity index (χ1) is 22.7. The summed E-state index contributed by atoms with van der Waals surface area (Å²) in [5, 5.41) is 17.8. The smallest absolute Gasteiger partial charge is 0.407 e. The van der Waals surface area contributed by atoms with Gasteiger partial charge in [0.25, 0.3) is 0 Å². The molecule has 0 bridgehead atoms. The topological polar surface area (TPSA) is 98.9 Å². The first-order valence-electron chi connectivity index (χ1n) is 16.4. The molecule has 2 atom stereocenters. The van der Waals surface area contributed by atoms with E-state index >= 15 is 0 Å². The van der Waals surface area contributed by atoms with Crippen LogP contribution in [0.2, 0.25) is 0 Å². The summed E-state index contributed by atoms with van der Waals surface area (Å²) in [5.41, 5.74) is 1.54. The number of piperidine rings is 1. The summed E-state index contributed by atoms with van der Waals surface area (Å²) >= 11 is 4.77. The molecule has 10 nitrogen and oxygen atoms in total. The number of alkyl carbamates (subject to hydrolysis) is 1. The van der Waals surface area contributed by atoms with Crippen molar-refractivity contribution in [2.24, 2.45) is 18.9 Å². The van der Waals surface area contributed by atoms with Crippen molar-refractivity contribution in [3.05, 3.63) is 70.8 Å². The molecule has 5 rings (SSSR count). The van der Waals surface area contributed by atoms with Crippen molar-refractivity contribution < 1.29 is 13.7 Å². The van der Waals surface area contributed by atoms with Gasteiger partial charge in [0.1, 0.15) is 11.9 Å². The molecule has 2 saturated heterocycles. The van der Waals surface area contributed by atoms with Crippen molar-refractivity contribution in [2.45, 2.75) is 50.5 Å². The molecular formula is C35H48BrN7O3S2. The van der Waals surface area contributed by atoms with E-state index in [4.69, 9.17) is 8.92 Å². The normalized spacial score (nSPS) is 17.3. The summed E-state index contributed by atoms with van der Waals surface area (Å²) in [4.78, 5) is 17.1. The standard InChI is InChI=1S/C35H46BrN7O3S.H2S/c1-5-9-31(45-34(44)38-2)20-35(25-37,27-10-7-6-8-11-27)28-16-18-42(19-17-28)21-26-22-43(23-26)29-12-14-30(15-13-29)46-47-41(4)33-32(36)24-40(3)39-33;/h6-8,10-15,24,26,28,31H,5,9,16-23H2,1-4H3,(H,38,44);1H2. The SMILES string of the molecule is CCCC(CC(C#N)(c1ccccc1)C1CCN(CC2CN(c3ccc(OSN(C)c4nn(C)cc4Br)cc3)C2)CC1)OC(=O)NC.S. The number of anilines is 2. The number of halogens is 1. The van der Waals surface area contributed by atoms with E-state index in [1.807, 2.05) is 54.9 Å². The molecule has 3 aromatic rings. The van der Waals surface area contributed by atoms with E-state index in [9.17, 15) is 10.1 Å². The molecule has 0 spiro atoms. The van der Waals surface area contributed by atoms with Gasteiger partial charge in [-0.1, -0.05) is 43.7 Å². The minimum Gasteiger partial charge on any atom is -0.446 e. The lowest BCUT2D eigenvalue weighted by Gasteiger charge is -2.46. The van der Waals surface area contributed by atoms with Gasteiger partial charge < -0.3 is 24.0 Å². The molecule has 2 aliphatic rings. The van der Waals surface area contributed by atoms with Gasteiger partial charge >= 0.3 is 6.09 Å². The van der Waals surface area contributed by atoms with Crippen LogP contribution < -0.4 is 18.7 Å². The first-order valence-corrected chi connectivity index (χ1v) is 17.9. The second-order valence-electron chi connectivity index (χ2n) is 12.7. The predicted octanol–water partition coefficient (Wildman–Crippen LogP) is 6.90. The van der Waals surface area contributed by atoms with E-state index in [2.05, 4.69) is 73.4 Å². The summed E-state index contributed by atoms with van der Waals surface area (Å²) in [6.07, 6.45) is 5.19. The minimum atomic E-state index is -0.701. The highest BCUT2D eigenvalue weighted by Gasteiger charge is 2.45. The van der Waals surface area contributed by atoms with Crippen LogP contribution in [0.15, 0.2) is 65.3 Å². The van der Waals surface area contributed by atoms with Gasteiger partial charge in [0.05, 0.1) is 16.0 Å². The number of aryl methyl sites for hydroxylation is 1. The Kier molecular flexibility index (Phi) is 13.8. The zero-order chi connectivity index (χ0) is 33.4. The van der Waals surface area contributed by atoms with Crippen molar-refractivity contribution in [1.29, 1.82) is 5.26 Å². The van der Waals surface area contributed by atoms with Gasteiger partial charge in [0.15, 0.2) is 18.0 Å². The van der Waals surface area contributed by atoms with Crippen LogP contribution in [0.5, 0.6) is 5.75 Å². The average molecular weight is 759 g/mol. The Labute approximate surface area is 305 Å². The Bertz CT molecular complexity index is 1490. The Morgan fingerprint density at radius 2 is 1.88 bits per heavy atom. The number of hydrogen-bond donors (Lipinski definition) is 1. The third kappa shape index (κ3) is 9.14. The molecule has 2 unspecified atom stereocenters. The van der Waals surface area contributed by atoms with Gasteiger partial charge in [-0.25, -0.2) is 4.79 Å². The van der Waals surface area contributed by atoms with Gasteiger partial charge in [0, 0.05) is 65.0 Å². The molecular weight excluding hydrogens is 710 g/mol. The number of nitriles is 1. The molecule has 48 heavy (non-hydrogen) atoms. The summed E-state index contributed by atoms with van der Waals surface area (Å²) in [7, 11) is 5.39. The average Bonchev–Trinajstić information content (AvgIpc) is 3.42. The zero-order valence-electron chi connectivity index (χ0n) is 28.3. The maximum Gasteiger partial charge on any atom is 0.407 e. The van der Waals surface area contributed by atoms with Gasteiger partial charge in [-0.2, -0.15) is 23.9 Å². The van der Waals surface area contributed by atoms with E-state index in [-0.39, 0.29) is 25.5 Å². The molecule has 1 N–H and O–H groups in total. The summed E-state index contributed by atoms with van der Waals surface area (Å²) in [5.74, 6) is 2.41. The number of carbonyl (C=O) groups excluding carboxylic acids is 1. The van der Waals surface area contributed by atoms with Crippen molar-refractivity contribution in [2.75, 3.05) is 56.0 Å². The summed E-state index contributed by atoms with van der Waals surface area (Å²) < 4.78 is 16.3. The fourth-order valence-electron chi connectivity index (χ4n) is 6.93. The molecule has 2 aromatic carbocycles. The molecule has 1 amide bonds. The van der Waals surface area contributed by atoms with E-state index in [1.165, 1.54) is 17.9 Å². The van der Waals surface area contributed by atoms with Crippen LogP contribution in [0.3, 0.4) is 0 Å². The van der Waals surface area contributed by atoms with Crippen molar-refractivity contribution in [3.8, 4) is 11.8 Å². The van der Waals surface area contributed by atoms with E-state index in [1.54, 1.807) is 11.7 Å². The largest absolute Gasteiger partial charge is 0.446 e. The molecule has 260 valence electrons. The number of nitrogens with zero attached hydrogens (tertiary/aromatic N) is 6. The second-order valence-corrected chi connectivity index (χ2v) is 14.4. The number of carbonyl (C=O) groups is 1. The van der Waals surface area contributed by atoms with Crippen LogP contribution in [-0.2, 0) is 17.2 Å². The number of amides is 1. The fourth-order valence-corrected chi connectivity index (χ4v) is 8.20. The Hall–Kier alpha value is -3.05. The third-order valence-corrected chi connectivity index (χ3v) is 10.6. The molecule has 0 radical (unpaired) electrons. The zero-order valence-corrected chi connectivity index (χ0v) is 31.7. The number of ether oxygens (including phenoxy) is 1. The van der Waals surface area contributed by atoms with Gasteiger partial charge in [-0.05, 0) is 84.0 Å². The predicted molar refractivity (Wildman–Crippen MR) is 202 cm³/mol. The lowest BCUT2D eigenvalue weighted by atomic mass is 9.64. The van der Waals surface area contributed by atoms with Crippen LogP contribution in [-0.4, -0.2) is 73.7 Å². The van der Waals surface area contributed by atoms with Crippen molar-refractivity contribution in [3.63, 3.8) is 0 Å². The molecule has 2 aliphatic heterocycles. The second kappa shape index (κ2) is 17.6. The van der Waals surface area contributed by atoms with Crippen LogP contribution in [0.4, 0.5) is 16.3 Å². The summed E-state index contributed by atoms with van der Waals surface area (Å²) in [6, 6.07) is 21.2. The third-order valence-electron chi connectivity index (χ3n) is 9.40. The van der Waals surface area contributed by atoms with Crippen molar-refractivity contribution in [1.82, 2.24) is 20.0 Å². The van der Waals surface area contributed by atoms with Crippen LogP contribution in [0.25, 0.3) is 0 Å². The fraction of sp³-hybridized carbons (Fsp3) is 0.514. The van der Waals surface area contributed by atoms with Gasteiger partial charge in [0.2, 0.25) is 0 Å². The Morgan fingerprint density at radius 1 is 1.19 bits per heavy atom. The van der Waals surface area contributed by atoms with Crippen LogP contribution >= 0.6 is 41.7 Å². The number of nitrogens with one attached hydrogen (secondary N) is 1. The molecule has 3 heterocycles. The number of likely N-dealkylation sites (tertiary alicyclic amines) is 1. The molecule has 13 heteroatoms. The number of aromatic nitrogens is 2. The maximum absolute atomic E-state index is 12.2. The van der Waals surface area contributed by atoms with Crippen LogP contribution in [0.1, 0.15) is 44.6 Å². The first kappa shape index (κ1) is 37.8. The van der Waals surface area contributed by atoms with E-state index in [0.717, 1.165) is 80.0 Å². The quantitative estimate of drug-likeness (QED) is 0.139. The molecule has 0 aliphatic carbocycles. The lowest BCUT2D eigenvalue weighted by molar-refractivity contribution is 0.0578. The summed E-state index contributed by atoms with van der Waals surface area (Å²) in [6.45, 7) is 7.17. The van der Waals surface area contributed by atoms with Gasteiger partial charge in [-0.15, -0.1) is 0 Å². The highest BCUT2D eigenvalue weighted by atomic mass is 79.9. The van der Waals surface area contributed by atoms with Gasteiger partial charge in [-0.3, -0.25) is 8.99 Å². The number of rotatable bonds is 14. The van der Waals surface area contributed by atoms with E-state index in [0.29, 0.717) is 12.3 Å². The van der Waals surface area contributed by atoms with Crippen LogP contribution in [0, 0.1) is 23.2 Å². The minimum absolute atomic E-state index is 0. The lowest BCUT2D eigenvalue weighted by Crippen LogP contribution is -2.53. The van der Waals surface area contributed by atoms with Crippen molar-refractivity contribution >= 4 is 59.3 Å². The monoisotopic (exact) mass is 757 g/mol. The highest BCUT2D eigenvalue weighted by Crippen LogP contribution is 2.43. The Morgan fingerprint density at radius 3 is 2.46 bits per heavy atom. The Balaban J connectivity index is 0.00000520. The number of benzene rings is 2. The highest BCUT2D eigenvalue weighted by molar-refractivity contribution is 9.10. The number of hydrogen-bond acceptors (Lipinski definition) is 9. The molecule has 2 fully saturated rings. The van der Waals surface area contributed by atoms with E-state index < -0.39 is 11.5 Å². The maximum atomic E-state index is 12.2.